The molecule has 1 fully saturated rings. The van der Waals surface area contributed by atoms with Gasteiger partial charge in [0.05, 0.1) is 24.4 Å². The lowest BCUT2D eigenvalue weighted by molar-refractivity contribution is -0.165. The predicted octanol–water partition coefficient (Wildman–Crippen LogP) is 4.35. The molecule has 182 valence electrons. The molecule has 3 aromatic rings. The van der Waals surface area contributed by atoms with E-state index in [2.05, 4.69) is 15.6 Å². The summed E-state index contributed by atoms with van der Waals surface area (Å²) in [6.45, 7) is 1.86. The molecule has 0 spiro atoms. The first-order valence-corrected chi connectivity index (χ1v) is 12.3. The third-order valence-corrected chi connectivity index (χ3v) is 6.46. The van der Waals surface area contributed by atoms with E-state index in [1.807, 2.05) is 0 Å². The highest BCUT2D eigenvalue weighted by atomic mass is 32.1. The van der Waals surface area contributed by atoms with Crippen molar-refractivity contribution in [2.24, 2.45) is 0 Å². The fourth-order valence-corrected chi connectivity index (χ4v) is 4.49. The van der Waals surface area contributed by atoms with E-state index in [9.17, 15) is 9.59 Å². The fraction of sp³-hybridized carbons (Fsp3) is 0.320. The Balaban J connectivity index is 1.12. The molecule has 3 heterocycles. The summed E-state index contributed by atoms with van der Waals surface area (Å²) in [4.78, 5) is 30.3. The summed E-state index contributed by atoms with van der Waals surface area (Å²) in [6.07, 6.45) is 4.65. The molecule has 5 rings (SSSR count). The first-order chi connectivity index (χ1) is 17.2. The predicted molar refractivity (Wildman–Crippen MR) is 129 cm³/mol. The van der Waals surface area contributed by atoms with Gasteiger partial charge < -0.3 is 29.6 Å². The lowest BCUT2D eigenvalue weighted by Gasteiger charge is -2.22. The Morgan fingerprint density at radius 3 is 2.97 bits per heavy atom. The van der Waals surface area contributed by atoms with Gasteiger partial charge in [0.1, 0.15) is 12.4 Å². The minimum atomic E-state index is -0.286. The molecule has 1 unspecified atom stereocenters. The fourth-order valence-electron chi connectivity index (χ4n) is 3.77. The van der Waals surface area contributed by atoms with Crippen LogP contribution >= 0.6 is 11.3 Å². The molecule has 2 aliphatic heterocycles. The van der Waals surface area contributed by atoms with E-state index >= 15 is 0 Å². The largest absolute Gasteiger partial charge is 0.468 e. The molecule has 1 saturated heterocycles. The summed E-state index contributed by atoms with van der Waals surface area (Å²) in [6, 6.07) is 11.9. The summed E-state index contributed by atoms with van der Waals surface area (Å²) in [5.74, 6) is 0.382. The van der Waals surface area contributed by atoms with Crippen LogP contribution in [-0.4, -0.2) is 42.9 Å². The summed E-state index contributed by atoms with van der Waals surface area (Å²) in [7, 11) is 0. The third-order valence-electron chi connectivity index (χ3n) is 5.55. The standard InChI is InChI=1S/C25H25N3O6S/c29-23(16-8-9-21-19(13-16)28-24(30)18-5-1-2-6-20(18)34-21)26-14-17-15-27-25(35-17)33-12-11-32-22-7-3-4-10-31-22/h1-2,5-6,8-9,13,15,22H,3-4,7,10-12,14H2,(H,26,29)(H,28,30). The van der Waals surface area contributed by atoms with Crippen LogP contribution in [0.2, 0.25) is 0 Å². The Bertz CT molecular complexity index is 1210. The van der Waals surface area contributed by atoms with E-state index in [0.29, 0.717) is 53.3 Å². The number of rotatable bonds is 8. The Kier molecular flexibility index (Phi) is 7.22. The summed E-state index contributed by atoms with van der Waals surface area (Å²) in [5, 5.41) is 6.20. The molecular formula is C25H25N3O6S. The van der Waals surface area contributed by atoms with Crippen LogP contribution in [-0.2, 0) is 16.0 Å². The number of benzene rings is 2. The number of aromatic nitrogens is 1. The highest BCUT2D eigenvalue weighted by Gasteiger charge is 2.21. The Morgan fingerprint density at radius 1 is 1.17 bits per heavy atom. The highest BCUT2D eigenvalue weighted by molar-refractivity contribution is 7.13. The monoisotopic (exact) mass is 495 g/mol. The number of carbonyl (C=O) groups is 2. The first kappa shape index (κ1) is 23.3. The van der Waals surface area contributed by atoms with Gasteiger partial charge in [-0.15, -0.1) is 0 Å². The van der Waals surface area contributed by atoms with Gasteiger partial charge in [-0.25, -0.2) is 4.98 Å². The van der Waals surface area contributed by atoms with Crippen molar-refractivity contribution in [3.63, 3.8) is 0 Å². The maximum absolute atomic E-state index is 12.7. The number of anilines is 1. The van der Waals surface area contributed by atoms with Gasteiger partial charge >= 0.3 is 0 Å². The van der Waals surface area contributed by atoms with Crippen LogP contribution in [0, 0.1) is 0 Å². The van der Waals surface area contributed by atoms with Gasteiger partial charge in [0.15, 0.2) is 12.0 Å². The average molecular weight is 496 g/mol. The molecule has 2 aliphatic rings. The molecule has 2 amide bonds. The van der Waals surface area contributed by atoms with Gasteiger partial charge in [-0.2, -0.15) is 0 Å². The first-order valence-electron chi connectivity index (χ1n) is 11.5. The second-order valence-corrected chi connectivity index (χ2v) is 9.13. The van der Waals surface area contributed by atoms with Crippen LogP contribution in [0.1, 0.15) is 44.9 Å². The van der Waals surface area contributed by atoms with Crippen molar-refractivity contribution >= 4 is 28.8 Å². The number of carbonyl (C=O) groups excluding carboxylic acids is 2. The van der Waals surface area contributed by atoms with Gasteiger partial charge in [0.2, 0.25) is 0 Å². The Labute approximate surface area is 206 Å². The van der Waals surface area contributed by atoms with Crippen LogP contribution in [0.4, 0.5) is 5.69 Å². The van der Waals surface area contributed by atoms with Crippen LogP contribution in [0.3, 0.4) is 0 Å². The molecule has 10 heteroatoms. The van der Waals surface area contributed by atoms with Crippen molar-refractivity contribution in [3.05, 3.63) is 64.7 Å². The van der Waals surface area contributed by atoms with Gasteiger partial charge in [-0.1, -0.05) is 23.5 Å². The molecule has 9 nitrogen and oxygen atoms in total. The molecule has 0 saturated carbocycles. The zero-order valence-electron chi connectivity index (χ0n) is 19.0. The molecule has 1 aromatic heterocycles. The van der Waals surface area contributed by atoms with Gasteiger partial charge in [-0.05, 0) is 49.6 Å². The Hall–Kier alpha value is -3.47. The lowest BCUT2D eigenvalue weighted by atomic mass is 10.1. The van der Waals surface area contributed by atoms with E-state index in [1.165, 1.54) is 11.3 Å². The number of amides is 2. The number of para-hydroxylation sites is 1. The maximum atomic E-state index is 12.7. The lowest BCUT2D eigenvalue weighted by Crippen LogP contribution is -2.24. The minimum Gasteiger partial charge on any atom is -0.468 e. The van der Waals surface area contributed by atoms with E-state index in [0.717, 1.165) is 30.7 Å². The number of nitrogens with one attached hydrogen (secondary N) is 2. The van der Waals surface area contributed by atoms with E-state index in [-0.39, 0.29) is 18.1 Å². The molecule has 2 aromatic carbocycles. The van der Waals surface area contributed by atoms with Crippen molar-refractivity contribution in [2.45, 2.75) is 32.1 Å². The second kappa shape index (κ2) is 10.9. The van der Waals surface area contributed by atoms with Crippen LogP contribution in [0.15, 0.2) is 48.7 Å². The number of nitrogens with zero attached hydrogens (tertiary/aromatic N) is 1. The minimum absolute atomic E-state index is 0.141. The van der Waals surface area contributed by atoms with Crippen molar-refractivity contribution in [1.82, 2.24) is 10.3 Å². The van der Waals surface area contributed by atoms with Gasteiger partial charge in [0.25, 0.3) is 17.0 Å². The van der Waals surface area contributed by atoms with E-state index in [4.69, 9.17) is 18.9 Å². The number of hydrogen-bond acceptors (Lipinski definition) is 8. The molecule has 2 N–H and O–H groups in total. The van der Waals surface area contributed by atoms with Crippen LogP contribution in [0.25, 0.3) is 0 Å². The number of ether oxygens (including phenoxy) is 4. The molecular weight excluding hydrogens is 470 g/mol. The van der Waals surface area contributed by atoms with Gasteiger partial charge in [0, 0.05) is 23.2 Å². The maximum Gasteiger partial charge on any atom is 0.273 e. The average Bonchev–Trinajstić information content (AvgIpc) is 3.29. The quantitative estimate of drug-likeness (QED) is 0.447. The Morgan fingerprint density at radius 2 is 2.09 bits per heavy atom. The summed E-state index contributed by atoms with van der Waals surface area (Å²) < 4.78 is 22.7. The van der Waals surface area contributed by atoms with Crippen molar-refractivity contribution in [2.75, 3.05) is 25.1 Å². The molecule has 0 aliphatic carbocycles. The summed E-state index contributed by atoms with van der Waals surface area (Å²) in [5.41, 5.74) is 1.28. The van der Waals surface area contributed by atoms with Crippen molar-refractivity contribution in [3.8, 4) is 16.7 Å². The zero-order chi connectivity index (χ0) is 24.0. The normalized spacial score (nSPS) is 16.8. The van der Waals surface area contributed by atoms with E-state index in [1.54, 1.807) is 48.7 Å². The molecule has 35 heavy (non-hydrogen) atoms. The highest BCUT2D eigenvalue weighted by Crippen LogP contribution is 2.36. The number of thiazole rings is 1. The smallest absolute Gasteiger partial charge is 0.273 e. The van der Waals surface area contributed by atoms with E-state index < -0.39 is 0 Å². The summed E-state index contributed by atoms with van der Waals surface area (Å²) >= 11 is 1.36. The van der Waals surface area contributed by atoms with Crippen molar-refractivity contribution in [1.29, 1.82) is 0 Å². The molecule has 1 atom stereocenters. The molecule has 0 radical (unpaired) electrons. The second-order valence-electron chi connectivity index (χ2n) is 8.05. The topological polar surface area (TPSA) is 108 Å². The van der Waals surface area contributed by atoms with Crippen LogP contribution < -0.4 is 20.1 Å². The van der Waals surface area contributed by atoms with Crippen molar-refractivity contribution < 1.29 is 28.5 Å². The number of hydrogen-bond donors (Lipinski definition) is 2. The molecule has 0 bridgehead atoms. The zero-order valence-corrected chi connectivity index (χ0v) is 19.8. The van der Waals surface area contributed by atoms with Gasteiger partial charge in [-0.3, -0.25) is 9.59 Å². The van der Waals surface area contributed by atoms with Crippen LogP contribution in [0.5, 0.6) is 16.7 Å². The third kappa shape index (κ3) is 5.79. The SMILES string of the molecule is O=C(NCc1cnc(OCCOC2CCCCO2)s1)c1ccc2c(c1)NC(=O)c1ccccc1O2. The number of fused-ring (bicyclic) bond motifs is 2.